The van der Waals surface area contributed by atoms with Crippen LogP contribution in [0.1, 0.15) is 46.4 Å². The fourth-order valence-corrected chi connectivity index (χ4v) is 3.24. The Kier molecular flexibility index (Phi) is 5.41. The number of alkyl halides is 1. The van der Waals surface area contributed by atoms with Gasteiger partial charge in [0.1, 0.15) is 5.50 Å². The molecule has 0 aliphatic carbocycles. The van der Waals surface area contributed by atoms with Crippen molar-refractivity contribution in [3.63, 3.8) is 0 Å². The zero-order valence-electron chi connectivity index (χ0n) is 14.7. The number of rotatable bonds is 5. The predicted molar refractivity (Wildman–Crippen MR) is 99.8 cm³/mol. The summed E-state index contributed by atoms with van der Waals surface area (Å²) in [5.41, 5.74) is 3.95. The second-order valence-electron chi connectivity index (χ2n) is 6.47. The number of fused-ring (bicyclic) bond motifs is 1. The van der Waals surface area contributed by atoms with Gasteiger partial charge in [-0.1, -0.05) is 30.3 Å². The first-order valence-corrected chi connectivity index (χ1v) is 8.90. The molecule has 0 spiro atoms. The van der Waals surface area contributed by atoms with Crippen LogP contribution in [0, 0.1) is 0 Å². The second-order valence-corrected chi connectivity index (χ2v) is 6.91. The molecule has 1 amide bonds. The Morgan fingerprint density at radius 3 is 2.65 bits per heavy atom. The number of amides is 1. The highest BCUT2D eigenvalue weighted by Crippen LogP contribution is 2.32. The third-order valence-electron chi connectivity index (χ3n) is 4.74. The maximum atomic E-state index is 12.3. The monoisotopic (exact) mass is 372 g/mol. The third kappa shape index (κ3) is 3.65. The predicted octanol–water partition coefficient (Wildman–Crippen LogP) is 3.24. The molecular formula is C20H21ClN2O3. The quantitative estimate of drug-likeness (QED) is 0.480. The Bertz CT molecular complexity index is 825. The molecule has 0 saturated heterocycles. The molecule has 2 aromatic carbocycles. The van der Waals surface area contributed by atoms with Gasteiger partial charge in [-0.05, 0) is 55.2 Å². The number of halogens is 1. The average Bonchev–Trinajstić information content (AvgIpc) is 2.66. The lowest BCUT2D eigenvalue weighted by Gasteiger charge is -2.30. The van der Waals surface area contributed by atoms with E-state index in [1.807, 2.05) is 24.3 Å². The lowest BCUT2D eigenvalue weighted by Crippen LogP contribution is -2.41. The highest BCUT2D eigenvalue weighted by Gasteiger charge is 2.36. The Morgan fingerprint density at radius 2 is 1.96 bits per heavy atom. The van der Waals surface area contributed by atoms with Crippen molar-refractivity contribution < 1.29 is 14.4 Å². The van der Waals surface area contributed by atoms with Crippen molar-refractivity contribution in [2.45, 2.75) is 31.4 Å². The van der Waals surface area contributed by atoms with Crippen LogP contribution < -0.4 is 10.8 Å². The Morgan fingerprint density at radius 1 is 1.23 bits per heavy atom. The first-order valence-electron chi connectivity index (χ1n) is 8.47. The molecule has 1 heterocycles. The summed E-state index contributed by atoms with van der Waals surface area (Å²) in [7, 11) is 0. The molecule has 136 valence electrons. The van der Waals surface area contributed by atoms with E-state index in [9.17, 15) is 9.59 Å². The van der Waals surface area contributed by atoms with E-state index in [1.165, 1.54) is 6.92 Å². The lowest BCUT2D eigenvalue weighted by molar-refractivity contribution is -0.149. The largest absolute Gasteiger partial charge is 0.297 e. The number of ketones is 1. The van der Waals surface area contributed by atoms with Crippen LogP contribution in [0.2, 0.25) is 0 Å². The maximum absolute atomic E-state index is 12.3. The van der Waals surface area contributed by atoms with E-state index >= 15 is 0 Å². The topological polar surface area (TPSA) is 67.4 Å². The van der Waals surface area contributed by atoms with E-state index in [0.29, 0.717) is 11.1 Å². The van der Waals surface area contributed by atoms with Gasteiger partial charge in [-0.15, -0.1) is 11.6 Å². The summed E-state index contributed by atoms with van der Waals surface area (Å²) in [4.78, 5) is 30.2. The fraction of sp³-hybridized carbons (Fsp3) is 0.300. The van der Waals surface area contributed by atoms with Crippen LogP contribution in [0.15, 0.2) is 48.5 Å². The average molecular weight is 373 g/mol. The van der Waals surface area contributed by atoms with Gasteiger partial charge in [0, 0.05) is 12.1 Å². The van der Waals surface area contributed by atoms with E-state index in [-0.39, 0.29) is 11.3 Å². The van der Waals surface area contributed by atoms with Crippen LogP contribution in [-0.4, -0.2) is 18.2 Å². The van der Waals surface area contributed by atoms with Crippen LogP contribution >= 0.6 is 11.6 Å². The Balaban J connectivity index is 1.85. The van der Waals surface area contributed by atoms with Crippen LogP contribution in [0.3, 0.4) is 0 Å². The van der Waals surface area contributed by atoms with Crippen LogP contribution in [-0.2, 0) is 21.7 Å². The normalized spacial score (nSPS) is 18.5. The molecule has 0 radical (unpaired) electrons. The zero-order chi connectivity index (χ0) is 18.7. The molecule has 2 unspecified atom stereocenters. The first kappa shape index (κ1) is 18.6. The molecule has 2 atom stereocenters. The lowest BCUT2D eigenvalue weighted by atomic mass is 9.88. The van der Waals surface area contributed by atoms with Crippen molar-refractivity contribution in [3.05, 3.63) is 70.8 Å². The number of hydrogen-bond acceptors (Lipinski definition) is 4. The number of benzene rings is 2. The molecule has 0 saturated carbocycles. The van der Waals surface area contributed by atoms with Gasteiger partial charge in [0.2, 0.25) is 0 Å². The van der Waals surface area contributed by atoms with Gasteiger partial charge in [-0.25, -0.2) is 5.48 Å². The molecule has 0 aromatic heterocycles. The molecule has 1 aliphatic heterocycles. The van der Waals surface area contributed by atoms with Crippen LogP contribution in [0.25, 0.3) is 0 Å². The van der Waals surface area contributed by atoms with Crippen molar-refractivity contribution in [3.8, 4) is 0 Å². The molecule has 1 aliphatic rings. The standard InChI is InChI=1S/C20H21ClN2O3/c1-13(24)20(2,26-23-19(25)15-6-4-3-5-7-15)16-9-8-14-10-11-22-18(21)17(14)12-16/h3-9,12,18,22H,10-11H2,1-2H3,(H,23,25). The second kappa shape index (κ2) is 7.58. The number of hydrogen-bond donors (Lipinski definition) is 2. The van der Waals surface area contributed by atoms with Gasteiger partial charge in [0.25, 0.3) is 5.91 Å². The van der Waals surface area contributed by atoms with E-state index in [0.717, 1.165) is 24.1 Å². The van der Waals surface area contributed by atoms with Crippen molar-refractivity contribution >= 4 is 23.3 Å². The van der Waals surface area contributed by atoms with E-state index in [1.54, 1.807) is 31.2 Å². The van der Waals surface area contributed by atoms with Crippen molar-refractivity contribution in [2.24, 2.45) is 0 Å². The summed E-state index contributed by atoms with van der Waals surface area (Å²) in [5, 5.41) is 3.19. The van der Waals surface area contributed by atoms with Crippen molar-refractivity contribution in [1.29, 1.82) is 0 Å². The maximum Gasteiger partial charge on any atom is 0.274 e. The Labute approximate surface area is 157 Å². The first-order chi connectivity index (χ1) is 12.4. The minimum absolute atomic E-state index is 0.222. The van der Waals surface area contributed by atoms with Gasteiger partial charge >= 0.3 is 0 Å². The number of carbonyl (C=O) groups excluding carboxylic acids is 2. The molecule has 6 heteroatoms. The van der Waals surface area contributed by atoms with Gasteiger partial charge in [0.05, 0.1) is 0 Å². The molecule has 3 rings (SSSR count). The fourth-order valence-electron chi connectivity index (χ4n) is 2.93. The number of hydroxylamine groups is 1. The molecule has 26 heavy (non-hydrogen) atoms. The molecule has 5 nitrogen and oxygen atoms in total. The number of carbonyl (C=O) groups is 2. The summed E-state index contributed by atoms with van der Waals surface area (Å²) in [5.74, 6) is -0.631. The highest BCUT2D eigenvalue weighted by molar-refractivity contribution is 6.20. The Hall–Kier alpha value is -2.21. The summed E-state index contributed by atoms with van der Waals surface area (Å²) in [6.45, 7) is 3.89. The summed E-state index contributed by atoms with van der Waals surface area (Å²) in [6, 6.07) is 14.4. The number of Topliss-reactive ketones (excluding diaryl/α,β-unsaturated/α-hetero) is 1. The molecular weight excluding hydrogens is 352 g/mol. The van der Waals surface area contributed by atoms with Gasteiger partial charge in [0.15, 0.2) is 11.4 Å². The van der Waals surface area contributed by atoms with Crippen molar-refractivity contribution in [2.75, 3.05) is 6.54 Å². The minimum atomic E-state index is -1.31. The van der Waals surface area contributed by atoms with E-state index < -0.39 is 11.5 Å². The minimum Gasteiger partial charge on any atom is -0.297 e. The van der Waals surface area contributed by atoms with Crippen molar-refractivity contribution in [1.82, 2.24) is 10.8 Å². The van der Waals surface area contributed by atoms with Gasteiger partial charge < -0.3 is 0 Å². The summed E-state index contributed by atoms with van der Waals surface area (Å²) >= 11 is 6.35. The molecule has 2 aromatic rings. The van der Waals surface area contributed by atoms with E-state index in [4.69, 9.17) is 16.4 Å². The van der Waals surface area contributed by atoms with E-state index in [2.05, 4.69) is 10.8 Å². The highest BCUT2D eigenvalue weighted by atomic mass is 35.5. The summed E-state index contributed by atoms with van der Waals surface area (Å²) in [6.07, 6.45) is 0.876. The molecule has 0 bridgehead atoms. The number of nitrogens with one attached hydrogen (secondary N) is 2. The van der Waals surface area contributed by atoms with Gasteiger partial charge in [-0.3, -0.25) is 19.7 Å². The zero-order valence-corrected chi connectivity index (χ0v) is 15.5. The SMILES string of the molecule is CC(=O)C(C)(ONC(=O)c1ccccc1)c1ccc2c(c1)C(Cl)NCC2. The van der Waals surface area contributed by atoms with Crippen LogP contribution in [0.5, 0.6) is 0 Å². The third-order valence-corrected chi connectivity index (χ3v) is 5.13. The smallest absolute Gasteiger partial charge is 0.274 e. The summed E-state index contributed by atoms with van der Waals surface area (Å²) < 4.78 is 0. The van der Waals surface area contributed by atoms with Gasteiger partial charge in [-0.2, -0.15) is 0 Å². The molecule has 0 fully saturated rings. The molecule has 2 N–H and O–H groups in total. The van der Waals surface area contributed by atoms with Crippen LogP contribution in [0.4, 0.5) is 0 Å².